The number of hydrogen-bond acceptors (Lipinski definition) is 6. The fraction of sp³-hybridized carbons (Fsp3) is 0.318. The van der Waals surface area contributed by atoms with Gasteiger partial charge in [-0.25, -0.2) is 0 Å². The maximum absolute atomic E-state index is 12.6. The van der Waals surface area contributed by atoms with Gasteiger partial charge in [0.15, 0.2) is 4.80 Å². The molecule has 0 bridgehead atoms. The number of benzene rings is 2. The van der Waals surface area contributed by atoms with Crippen molar-refractivity contribution >= 4 is 33.4 Å². The number of ether oxygens (including phenoxy) is 3. The number of esters is 1. The van der Waals surface area contributed by atoms with Crippen molar-refractivity contribution in [3.63, 3.8) is 0 Å². The zero-order valence-electron chi connectivity index (χ0n) is 17.2. The normalized spacial score (nSPS) is 11.5. The molecule has 0 unspecified atom stereocenters. The fourth-order valence-corrected chi connectivity index (χ4v) is 4.02. The van der Waals surface area contributed by atoms with Gasteiger partial charge in [-0.1, -0.05) is 23.5 Å². The predicted molar refractivity (Wildman–Crippen MR) is 115 cm³/mol. The van der Waals surface area contributed by atoms with Crippen LogP contribution in [0.25, 0.3) is 10.2 Å². The summed E-state index contributed by atoms with van der Waals surface area (Å²) >= 11 is 1.34. The standard InChI is InChI=1S/C22H24N2O5S/c1-4-28-17-10-11-18-19(13-17)30-22(24(18)14-21(26)29-5-2)23-20(25)12-15-6-8-16(27-3)9-7-15/h6-11,13H,4-5,12,14H2,1-3H3. The molecule has 0 atom stereocenters. The van der Waals surface area contributed by atoms with Gasteiger partial charge in [0.25, 0.3) is 5.91 Å². The van der Waals surface area contributed by atoms with Crippen molar-refractivity contribution in [3.05, 3.63) is 52.8 Å². The molecule has 0 N–H and O–H groups in total. The molecule has 2 aromatic carbocycles. The van der Waals surface area contributed by atoms with Crippen LogP contribution in [0.4, 0.5) is 0 Å². The fourth-order valence-electron chi connectivity index (χ4n) is 2.95. The summed E-state index contributed by atoms with van der Waals surface area (Å²) in [4.78, 5) is 29.4. The SMILES string of the molecule is CCOC(=O)Cn1c(=NC(=O)Cc2ccc(OC)cc2)sc2cc(OCC)ccc21. The molecular weight excluding hydrogens is 404 g/mol. The second kappa shape index (κ2) is 10.1. The minimum atomic E-state index is -0.380. The van der Waals surface area contributed by atoms with Crippen LogP contribution in [0.1, 0.15) is 19.4 Å². The van der Waals surface area contributed by atoms with Crippen LogP contribution in [0.2, 0.25) is 0 Å². The Morgan fingerprint density at radius 1 is 1.03 bits per heavy atom. The first-order valence-electron chi connectivity index (χ1n) is 9.66. The Hall–Kier alpha value is -3.13. The number of thiazole rings is 1. The van der Waals surface area contributed by atoms with Gasteiger partial charge in [-0.3, -0.25) is 9.59 Å². The topological polar surface area (TPSA) is 79.1 Å². The average molecular weight is 429 g/mol. The van der Waals surface area contributed by atoms with Crippen molar-refractivity contribution in [2.24, 2.45) is 4.99 Å². The Morgan fingerprint density at radius 2 is 1.77 bits per heavy atom. The molecular formula is C22H24N2O5S. The van der Waals surface area contributed by atoms with Crippen molar-refractivity contribution in [1.29, 1.82) is 0 Å². The van der Waals surface area contributed by atoms with E-state index in [1.807, 2.05) is 37.3 Å². The maximum atomic E-state index is 12.6. The number of nitrogens with zero attached hydrogens (tertiary/aromatic N) is 2. The van der Waals surface area contributed by atoms with Crippen LogP contribution < -0.4 is 14.3 Å². The van der Waals surface area contributed by atoms with E-state index < -0.39 is 0 Å². The summed E-state index contributed by atoms with van der Waals surface area (Å²) in [5, 5.41) is 0. The zero-order chi connectivity index (χ0) is 21.5. The van der Waals surface area contributed by atoms with Gasteiger partial charge in [-0.2, -0.15) is 4.99 Å². The molecule has 0 radical (unpaired) electrons. The Kier molecular flexibility index (Phi) is 7.24. The third kappa shape index (κ3) is 5.27. The molecule has 1 heterocycles. The van der Waals surface area contributed by atoms with Crippen LogP contribution in [0.5, 0.6) is 11.5 Å². The molecule has 30 heavy (non-hydrogen) atoms. The molecule has 0 aliphatic rings. The first-order chi connectivity index (χ1) is 14.5. The molecule has 1 aromatic heterocycles. The number of carbonyl (C=O) groups is 2. The summed E-state index contributed by atoms with van der Waals surface area (Å²) in [6.07, 6.45) is 0.155. The minimum absolute atomic E-state index is 0.0174. The summed E-state index contributed by atoms with van der Waals surface area (Å²) < 4.78 is 18.4. The van der Waals surface area contributed by atoms with Crippen molar-refractivity contribution in [2.45, 2.75) is 26.8 Å². The summed E-state index contributed by atoms with van der Waals surface area (Å²) in [7, 11) is 1.59. The van der Waals surface area contributed by atoms with E-state index in [-0.39, 0.29) is 24.8 Å². The smallest absolute Gasteiger partial charge is 0.326 e. The lowest BCUT2D eigenvalue weighted by atomic mass is 10.1. The average Bonchev–Trinajstić information content (AvgIpc) is 3.05. The first-order valence-corrected chi connectivity index (χ1v) is 10.5. The molecule has 0 aliphatic heterocycles. The van der Waals surface area contributed by atoms with Gasteiger partial charge in [0.05, 0.1) is 37.0 Å². The molecule has 8 heteroatoms. The molecule has 7 nitrogen and oxygen atoms in total. The minimum Gasteiger partial charge on any atom is -0.497 e. The van der Waals surface area contributed by atoms with E-state index in [1.165, 1.54) is 11.3 Å². The van der Waals surface area contributed by atoms with Gasteiger partial charge in [-0.05, 0) is 49.7 Å². The first kappa shape index (κ1) is 21.6. The molecule has 1 amide bonds. The predicted octanol–water partition coefficient (Wildman–Crippen LogP) is 3.34. The van der Waals surface area contributed by atoms with E-state index in [9.17, 15) is 9.59 Å². The maximum Gasteiger partial charge on any atom is 0.326 e. The summed E-state index contributed by atoms with van der Waals surface area (Å²) in [6.45, 7) is 4.50. The third-order valence-corrected chi connectivity index (χ3v) is 5.33. The van der Waals surface area contributed by atoms with Crippen LogP contribution in [-0.4, -0.2) is 36.8 Å². The Bertz CT molecular complexity index is 1100. The third-order valence-electron chi connectivity index (χ3n) is 4.29. The number of methoxy groups -OCH3 is 1. The lowest BCUT2D eigenvalue weighted by Gasteiger charge is -2.06. The quantitative estimate of drug-likeness (QED) is 0.514. The van der Waals surface area contributed by atoms with Crippen molar-refractivity contribution in [2.75, 3.05) is 20.3 Å². The Labute approximate surface area is 178 Å². The lowest BCUT2D eigenvalue weighted by Crippen LogP contribution is -2.23. The van der Waals surface area contributed by atoms with Gasteiger partial charge in [0.1, 0.15) is 18.0 Å². The number of aromatic nitrogens is 1. The Balaban J connectivity index is 1.95. The van der Waals surface area contributed by atoms with Gasteiger partial charge in [-0.15, -0.1) is 0 Å². The summed E-state index contributed by atoms with van der Waals surface area (Å²) in [6, 6.07) is 12.9. The molecule has 3 aromatic rings. The number of rotatable bonds is 8. The number of carbonyl (C=O) groups excluding carboxylic acids is 2. The van der Waals surface area contributed by atoms with E-state index in [0.717, 1.165) is 27.3 Å². The number of amides is 1. The lowest BCUT2D eigenvalue weighted by molar-refractivity contribution is -0.143. The van der Waals surface area contributed by atoms with Gasteiger partial charge in [0, 0.05) is 0 Å². The molecule has 0 aliphatic carbocycles. The molecule has 0 spiro atoms. The van der Waals surface area contributed by atoms with Gasteiger partial charge in [0.2, 0.25) is 0 Å². The van der Waals surface area contributed by atoms with E-state index in [1.54, 1.807) is 30.7 Å². The summed E-state index contributed by atoms with van der Waals surface area (Å²) in [5.74, 6) is 0.778. The van der Waals surface area contributed by atoms with E-state index in [0.29, 0.717) is 18.0 Å². The highest BCUT2D eigenvalue weighted by Gasteiger charge is 2.13. The molecule has 0 saturated heterocycles. The second-order valence-corrected chi connectivity index (χ2v) is 7.38. The highest BCUT2D eigenvalue weighted by Crippen LogP contribution is 2.23. The second-order valence-electron chi connectivity index (χ2n) is 6.37. The molecule has 0 fully saturated rings. The number of hydrogen-bond donors (Lipinski definition) is 0. The van der Waals surface area contributed by atoms with Crippen molar-refractivity contribution in [1.82, 2.24) is 4.57 Å². The Morgan fingerprint density at radius 3 is 2.43 bits per heavy atom. The largest absolute Gasteiger partial charge is 0.497 e. The highest BCUT2D eigenvalue weighted by molar-refractivity contribution is 7.16. The van der Waals surface area contributed by atoms with Crippen molar-refractivity contribution < 1.29 is 23.8 Å². The van der Waals surface area contributed by atoms with Gasteiger partial charge >= 0.3 is 5.97 Å². The van der Waals surface area contributed by atoms with Gasteiger partial charge < -0.3 is 18.8 Å². The van der Waals surface area contributed by atoms with E-state index >= 15 is 0 Å². The summed E-state index contributed by atoms with van der Waals surface area (Å²) in [5.41, 5.74) is 1.63. The van der Waals surface area contributed by atoms with E-state index in [4.69, 9.17) is 14.2 Å². The van der Waals surface area contributed by atoms with Crippen LogP contribution in [-0.2, 0) is 27.3 Å². The van der Waals surface area contributed by atoms with E-state index in [2.05, 4.69) is 4.99 Å². The molecule has 3 rings (SSSR count). The zero-order valence-corrected chi connectivity index (χ0v) is 18.0. The molecule has 158 valence electrons. The number of fused-ring (bicyclic) bond motifs is 1. The van der Waals surface area contributed by atoms with Crippen molar-refractivity contribution in [3.8, 4) is 11.5 Å². The van der Waals surface area contributed by atoms with Crippen LogP contribution in [0, 0.1) is 0 Å². The van der Waals surface area contributed by atoms with Crippen LogP contribution in [0.15, 0.2) is 47.5 Å². The monoisotopic (exact) mass is 428 g/mol. The molecule has 0 saturated carbocycles. The highest BCUT2D eigenvalue weighted by atomic mass is 32.1. The van der Waals surface area contributed by atoms with Crippen LogP contribution in [0.3, 0.4) is 0 Å². The van der Waals surface area contributed by atoms with Crippen LogP contribution >= 0.6 is 11.3 Å².